The minimum absolute atomic E-state index is 0. The Labute approximate surface area is 129 Å². The molecule has 1 heterocycles. The van der Waals surface area contributed by atoms with Crippen LogP contribution in [-0.2, 0) is 12.8 Å². The summed E-state index contributed by atoms with van der Waals surface area (Å²) in [5.74, 6) is 0.570. The van der Waals surface area contributed by atoms with Gasteiger partial charge in [-0.15, -0.1) is 23.7 Å². The highest BCUT2D eigenvalue weighted by atomic mass is 35.5. The number of halogens is 2. The van der Waals surface area contributed by atoms with E-state index in [4.69, 9.17) is 11.6 Å². The third kappa shape index (κ3) is 2.97. The molecule has 2 aromatic rings. The number of rotatable bonds is 3. The molecule has 1 aliphatic rings. The van der Waals surface area contributed by atoms with E-state index in [2.05, 4.69) is 42.7 Å². The number of thiophene rings is 1. The second-order valence-electron chi connectivity index (χ2n) is 4.81. The second kappa shape index (κ2) is 6.27. The van der Waals surface area contributed by atoms with Gasteiger partial charge in [0.2, 0.25) is 0 Å². The first-order chi connectivity index (χ1) is 8.78. The third-order valence-corrected chi connectivity index (χ3v) is 5.05. The van der Waals surface area contributed by atoms with E-state index in [0.29, 0.717) is 12.0 Å². The normalized spacial score (nSPS) is 20.9. The molecule has 0 amide bonds. The van der Waals surface area contributed by atoms with Crippen molar-refractivity contribution in [2.45, 2.75) is 24.8 Å². The molecule has 19 heavy (non-hydrogen) atoms. The van der Waals surface area contributed by atoms with Gasteiger partial charge in [-0.2, -0.15) is 0 Å². The Morgan fingerprint density at radius 3 is 2.74 bits per heavy atom. The van der Waals surface area contributed by atoms with Gasteiger partial charge in [-0.3, -0.25) is 0 Å². The van der Waals surface area contributed by atoms with Crippen LogP contribution in [0.3, 0.4) is 0 Å². The molecule has 0 fully saturated rings. The maximum absolute atomic E-state index is 6.02. The van der Waals surface area contributed by atoms with Crippen molar-refractivity contribution in [1.29, 1.82) is 0 Å². The number of hydrogen-bond donors (Lipinski definition) is 1. The number of likely N-dealkylation sites (N-methyl/N-ethyl adjacent to an activating group) is 1. The predicted molar refractivity (Wildman–Crippen MR) is 86.0 cm³/mol. The molecule has 1 N–H and O–H groups in total. The molecular formula is C15H17Cl2NS. The molecule has 0 radical (unpaired) electrons. The van der Waals surface area contributed by atoms with E-state index in [0.717, 1.165) is 17.2 Å². The van der Waals surface area contributed by atoms with Gasteiger partial charge in [0.05, 0.1) is 4.34 Å². The van der Waals surface area contributed by atoms with E-state index in [9.17, 15) is 0 Å². The van der Waals surface area contributed by atoms with Gasteiger partial charge < -0.3 is 5.32 Å². The van der Waals surface area contributed by atoms with E-state index in [-0.39, 0.29) is 12.4 Å². The molecule has 1 aliphatic carbocycles. The molecule has 1 aromatic carbocycles. The molecule has 2 atom stereocenters. The highest BCUT2D eigenvalue weighted by Gasteiger charge is 2.31. The lowest BCUT2D eigenvalue weighted by atomic mass is 9.94. The SMILES string of the molecule is CN[C@H]1Cc2ccccc2[C@H]1Cc1ccc(Cl)s1.Cl. The Morgan fingerprint density at radius 1 is 1.26 bits per heavy atom. The Balaban J connectivity index is 0.00000133. The fourth-order valence-electron chi connectivity index (χ4n) is 2.91. The molecule has 0 saturated heterocycles. The zero-order valence-electron chi connectivity index (χ0n) is 10.7. The summed E-state index contributed by atoms with van der Waals surface area (Å²) in [6.45, 7) is 0. The summed E-state index contributed by atoms with van der Waals surface area (Å²) in [4.78, 5) is 1.38. The van der Waals surface area contributed by atoms with E-state index in [1.165, 1.54) is 16.0 Å². The van der Waals surface area contributed by atoms with E-state index >= 15 is 0 Å². The van der Waals surface area contributed by atoms with Crippen LogP contribution in [0, 0.1) is 0 Å². The number of hydrogen-bond acceptors (Lipinski definition) is 2. The lowest BCUT2D eigenvalue weighted by Gasteiger charge is -2.19. The van der Waals surface area contributed by atoms with Crippen molar-refractivity contribution in [1.82, 2.24) is 5.32 Å². The van der Waals surface area contributed by atoms with Crippen LogP contribution in [-0.4, -0.2) is 13.1 Å². The Hall–Kier alpha value is -0.540. The fourth-order valence-corrected chi connectivity index (χ4v) is 4.06. The molecule has 0 aliphatic heterocycles. The minimum Gasteiger partial charge on any atom is -0.316 e. The van der Waals surface area contributed by atoms with Crippen LogP contribution >= 0.6 is 35.3 Å². The smallest absolute Gasteiger partial charge is 0.0931 e. The van der Waals surface area contributed by atoms with Gasteiger partial charge in [-0.1, -0.05) is 35.9 Å². The van der Waals surface area contributed by atoms with Gasteiger partial charge >= 0.3 is 0 Å². The lowest BCUT2D eigenvalue weighted by Crippen LogP contribution is -2.30. The number of nitrogens with one attached hydrogen (secondary N) is 1. The average molecular weight is 314 g/mol. The molecule has 0 unspecified atom stereocenters. The summed E-state index contributed by atoms with van der Waals surface area (Å²) in [5.41, 5.74) is 2.99. The molecule has 0 saturated carbocycles. The topological polar surface area (TPSA) is 12.0 Å². The van der Waals surface area contributed by atoms with Crippen molar-refractivity contribution in [3.05, 3.63) is 56.7 Å². The maximum Gasteiger partial charge on any atom is 0.0931 e. The van der Waals surface area contributed by atoms with E-state index in [1.807, 2.05) is 6.07 Å². The number of benzene rings is 1. The van der Waals surface area contributed by atoms with Gasteiger partial charge in [0.25, 0.3) is 0 Å². The van der Waals surface area contributed by atoms with Crippen molar-refractivity contribution in [3.8, 4) is 0 Å². The first kappa shape index (κ1) is 14.9. The quantitative estimate of drug-likeness (QED) is 0.891. The standard InChI is InChI=1S/C15H16ClNS.ClH/c1-17-14-8-10-4-2-3-5-12(10)13(14)9-11-6-7-15(16)18-11;/h2-7,13-14,17H,8-9H2,1H3;1H/t13-,14+;/m1./s1. The van der Waals surface area contributed by atoms with Crippen molar-refractivity contribution in [2.75, 3.05) is 7.05 Å². The maximum atomic E-state index is 6.02. The van der Waals surface area contributed by atoms with Crippen molar-refractivity contribution < 1.29 is 0 Å². The van der Waals surface area contributed by atoms with Gasteiger partial charge in [0, 0.05) is 16.8 Å². The monoisotopic (exact) mass is 313 g/mol. The molecule has 3 rings (SSSR count). The molecule has 1 aromatic heterocycles. The van der Waals surface area contributed by atoms with Gasteiger partial charge in [-0.05, 0) is 43.1 Å². The third-order valence-electron chi connectivity index (χ3n) is 3.80. The lowest BCUT2D eigenvalue weighted by molar-refractivity contribution is 0.494. The van der Waals surface area contributed by atoms with Crippen LogP contribution < -0.4 is 5.32 Å². The first-order valence-electron chi connectivity index (χ1n) is 6.27. The second-order valence-corrected chi connectivity index (χ2v) is 6.61. The average Bonchev–Trinajstić information content (AvgIpc) is 2.94. The van der Waals surface area contributed by atoms with Crippen LogP contribution in [0.25, 0.3) is 0 Å². The Bertz CT molecular complexity index is 553. The Kier molecular flexibility index (Phi) is 4.91. The summed E-state index contributed by atoms with van der Waals surface area (Å²) in [6, 6.07) is 13.5. The summed E-state index contributed by atoms with van der Waals surface area (Å²) in [7, 11) is 2.06. The van der Waals surface area contributed by atoms with E-state index in [1.54, 1.807) is 11.3 Å². The van der Waals surface area contributed by atoms with Crippen molar-refractivity contribution in [2.24, 2.45) is 0 Å². The van der Waals surface area contributed by atoms with Gasteiger partial charge in [0.1, 0.15) is 0 Å². The summed E-state index contributed by atoms with van der Waals surface area (Å²) in [6.07, 6.45) is 2.22. The molecule has 0 bridgehead atoms. The zero-order valence-corrected chi connectivity index (χ0v) is 13.1. The fraction of sp³-hybridized carbons (Fsp3) is 0.333. The van der Waals surface area contributed by atoms with Crippen LogP contribution in [0.5, 0.6) is 0 Å². The van der Waals surface area contributed by atoms with Crippen LogP contribution in [0.1, 0.15) is 21.9 Å². The molecule has 1 nitrogen and oxygen atoms in total. The highest BCUT2D eigenvalue weighted by Crippen LogP contribution is 2.37. The summed E-state index contributed by atoms with van der Waals surface area (Å²) in [5, 5.41) is 3.46. The van der Waals surface area contributed by atoms with Gasteiger partial charge in [0.15, 0.2) is 0 Å². The molecule has 102 valence electrons. The van der Waals surface area contributed by atoms with Crippen LogP contribution in [0.15, 0.2) is 36.4 Å². The summed E-state index contributed by atoms with van der Waals surface area (Å²) < 4.78 is 0.886. The van der Waals surface area contributed by atoms with Crippen molar-refractivity contribution in [3.63, 3.8) is 0 Å². The summed E-state index contributed by atoms with van der Waals surface area (Å²) >= 11 is 7.72. The molecule has 0 spiro atoms. The van der Waals surface area contributed by atoms with Crippen LogP contribution in [0.2, 0.25) is 4.34 Å². The number of fused-ring (bicyclic) bond motifs is 1. The minimum atomic E-state index is 0. The predicted octanol–water partition coefficient (Wildman–Crippen LogP) is 4.29. The van der Waals surface area contributed by atoms with Gasteiger partial charge in [-0.25, -0.2) is 0 Å². The van der Waals surface area contributed by atoms with Crippen molar-refractivity contribution >= 4 is 35.3 Å². The largest absolute Gasteiger partial charge is 0.316 e. The zero-order chi connectivity index (χ0) is 12.5. The highest BCUT2D eigenvalue weighted by molar-refractivity contribution is 7.16. The molecule has 4 heteroatoms. The van der Waals surface area contributed by atoms with E-state index < -0.39 is 0 Å². The molecular weight excluding hydrogens is 297 g/mol. The van der Waals surface area contributed by atoms with Crippen LogP contribution in [0.4, 0.5) is 0 Å². The Morgan fingerprint density at radius 2 is 2.05 bits per heavy atom. The first-order valence-corrected chi connectivity index (χ1v) is 7.46.